The van der Waals surface area contributed by atoms with Crippen molar-refractivity contribution in [3.05, 3.63) is 52.0 Å². The van der Waals surface area contributed by atoms with E-state index >= 15 is 0 Å². The molecule has 2 heterocycles. The molecule has 0 bridgehead atoms. The molecular formula is C35H49N5O7S. The second-order valence-electron chi connectivity index (χ2n) is 13.0. The van der Waals surface area contributed by atoms with Crippen LogP contribution in [-0.4, -0.2) is 88.5 Å². The smallest absolute Gasteiger partial charge is 0.322 e. The first-order chi connectivity index (χ1) is 22.8. The Morgan fingerprint density at radius 2 is 1.73 bits per heavy atom. The van der Waals surface area contributed by atoms with Crippen molar-refractivity contribution in [1.29, 1.82) is 0 Å². The maximum absolute atomic E-state index is 13.6. The van der Waals surface area contributed by atoms with E-state index in [9.17, 15) is 28.8 Å². The minimum atomic E-state index is -1.21. The fraction of sp³-hybridized carbons (Fsp3) is 0.571. The Morgan fingerprint density at radius 1 is 1.02 bits per heavy atom. The van der Waals surface area contributed by atoms with E-state index in [2.05, 4.69) is 25.8 Å². The Morgan fingerprint density at radius 3 is 2.35 bits per heavy atom. The van der Waals surface area contributed by atoms with E-state index in [4.69, 9.17) is 5.11 Å². The molecule has 1 fully saturated rings. The zero-order valence-electron chi connectivity index (χ0n) is 28.5. The van der Waals surface area contributed by atoms with Gasteiger partial charge in [0, 0.05) is 24.1 Å². The number of benzene rings is 1. The Bertz CT molecular complexity index is 1430. The fourth-order valence-corrected chi connectivity index (χ4v) is 6.67. The lowest BCUT2D eigenvalue weighted by Gasteiger charge is -2.33. The number of carboxylic acids is 1. The highest BCUT2D eigenvalue weighted by molar-refractivity contribution is 7.10. The number of amides is 3. The first kappa shape index (κ1) is 38.5. The van der Waals surface area contributed by atoms with Gasteiger partial charge in [0.05, 0.1) is 18.5 Å². The first-order valence-electron chi connectivity index (χ1n) is 16.6. The minimum Gasteiger partial charge on any atom is -0.480 e. The van der Waals surface area contributed by atoms with Crippen molar-refractivity contribution in [1.82, 2.24) is 25.8 Å². The molecule has 0 radical (unpaired) electrons. The van der Waals surface area contributed by atoms with Crippen LogP contribution in [0.3, 0.4) is 0 Å². The zero-order chi connectivity index (χ0) is 35.4. The van der Waals surface area contributed by atoms with Crippen molar-refractivity contribution in [2.24, 2.45) is 17.8 Å². The Labute approximate surface area is 286 Å². The number of likely N-dealkylation sites (tertiary alicyclic amines) is 1. The van der Waals surface area contributed by atoms with E-state index in [0.717, 1.165) is 42.7 Å². The quantitative estimate of drug-likeness (QED) is 0.184. The number of carbonyl (C=O) groups excluding carboxylic acids is 5. The van der Waals surface area contributed by atoms with E-state index in [-0.39, 0.29) is 60.3 Å². The number of Topliss-reactive ketones (excluding diaryl/α,β-unsaturated/α-hetero) is 2. The lowest BCUT2D eigenvalue weighted by Crippen LogP contribution is -2.49. The number of aromatic nitrogens is 1. The lowest BCUT2D eigenvalue weighted by molar-refractivity contribution is -0.138. The highest BCUT2D eigenvalue weighted by Gasteiger charge is 2.35. The number of nitrogens with zero attached hydrogens (tertiary/aromatic N) is 2. The van der Waals surface area contributed by atoms with Gasteiger partial charge in [-0.1, -0.05) is 70.9 Å². The number of ketones is 2. The normalized spacial score (nSPS) is 17.5. The van der Waals surface area contributed by atoms with Gasteiger partial charge in [0.1, 0.15) is 23.3 Å². The molecule has 1 aromatic heterocycles. The van der Waals surface area contributed by atoms with E-state index in [0.29, 0.717) is 11.4 Å². The van der Waals surface area contributed by atoms with Gasteiger partial charge in [0.25, 0.3) is 5.91 Å². The molecule has 2 aromatic rings. The third-order valence-corrected chi connectivity index (χ3v) is 9.82. The van der Waals surface area contributed by atoms with Gasteiger partial charge in [-0.2, -0.15) is 0 Å². The molecule has 0 spiro atoms. The van der Waals surface area contributed by atoms with Gasteiger partial charge in [-0.15, -0.1) is 11.3 Å². The van der Waals surface area contributed by atoms with Crippen molar-refractivity contribution in [2.75, 3.05) is 20.1 Å². The monoisotopic (exact) mass is 683 g/mol. The largest absolute Gasteiger partial charge is 0.480 e. The maximum Gasteiger partial charge on any atom is 0.322 e. The third kappa shape index (κ3) is 11.3. The summed E-state index contributed by atoms with van der Waals surface area (Å²) < 4.78 is 0. The fourth-order valence-electron chi connectivity index (χ4n) is 5.88. The number of hydrogen-bond donors (Lipinski definition) is 4. The number of thiazole rings is 1. The van der Waals surface area contributed by atoms with Crippen molar-refractivity contribution in [2.45, 2.75) is 90.8 Å². The summed E-state index contributed by atoms with van der Waals surface area (Å²) in [6.45, 7) is 7.88. The topological polar surface area (TPSA) is 175 Å². The predicted molar refractivity (Wildman–Crippen MR) is 182 cm³/mol. The van der Waals surface area contributed by atoms with Crippen LogP contribution in [0.1, 0.15) is 80.9 Å². The van der Waals surface area contributed by atoms with Crippen molar-refractivity contribution >= 4 is 46.6 Å². The summed E-state index contributed by atoms with van der Waals surface area (Å²) in [5.74, 6) is -3.87. The average Bonchev–Trinajstić information content (AvgIpc) is 3.53. The van der Waals surface area contributed by atoms with Gasteiger partial charge in [-0.3, -0.25) is 33.7 Å². The van der Waals surface area contributed by atoms with Crippen LogP contribution in [0.15, 0.2) is 35.7 Å². The van der Waals surface area contributed by atoms with Gasteiger partial charge < -0.3 is 21.1 Å². The number of carboxylic acid groups (broad SMARTS) is 1. The summed E-state index contributed by atoms with van der Waals surface area (Å²) in [7, 11) is 1.95. The van der Waals surface area contributed by atoms with E-state index in [1.54, 1.807) is 24.3 Å². The van der Waals surface area contributed by atoms with Crippen LogP contribution >= 0.6 is 11.3 Å². The molecule has 12 nitrogen and oxygen atoms in total. The summed E-state index contributed by atoms with van der Waals surface area (Å²) in [4.78, 5) is 83.7. The Kier molecular flexibility index (Phi) is 14.9. The molecule has 1 aliphatic rings. The van der Waals surface area contributed by atoms with Crippen LogP contribution in [0.2, 0.25) is 0 Å². The number of hydrogen-bond acceptors (Lipinski definition) is 9. The molecule has 4 N–H and O–H groups in total. The second-order valence-corrected chi connectivity index (χ2v) is 13.9. The number of likely N-dealkylation sites (N-methyl/N-ethyl adjacent to an activating group) is 1. The van der Waals surface area contributed by atoms with Gasteiger partial charge >= 0.3 is 5.97 Å². The number of aliphatic carboxylic acids is 1. The summed E-state index contributed by atoms with van der Waals surface area (Å²) >= 11 is 1.11. The van der Waals surface area contributed by atoms with Crippen LogP contribution < -0.4 is 16.0 Å². The molecule has 48 heavy (non-hydrogen) atoms. The van der Waals surface area contributed by atoms with Crippen LogP contribution in [-0.2, 0) is 36.8 Å². The molecule has 1 aromatic carbocycles. The van der Waals surface area contributed by atoms with Crippen molar-refractivity contribution in [3.8, 4) is 0 Å². The highest BCUT2D eigenvalue weighted by atomic mass is 32.1. The minimum absolute atomic E-state index is 0.0139. The molecule has 5 atom stereocenters. The standard InChI is InChI=1S/C35H49N5O7S/c1-6-22(4)24(17-28(41)27-14-10-11-15-40(27)5)33(45)39-32(21(2)3)29(42)18-30-37-26(20-48-30)35(47)38-25(34(46)36-19-31(43)44)16-23-12-8-7-9-13-23/h7-9,12-13,20-22,24-25,27,32H,6,10-11,14-19H2,1-5H3,(H,36,46)(H,38,47)(H,39,45)(H,43,44)/t22?,24-,25-,27?,32-/m0/s1. The molecule has 262 valence electrons. The molecule has 1 aliphatic heterocycles. The van der Waals surface area contributed by atoms with E-state index in [1.165, 1.54) is 5.38 Å². The maximum atomic E-state index is 13.6. The number of piperidine rings is 1. The molecule has 3 rings (SSSR count). The summed E-state index contributed by atoms with van der Waals surface area (Å²) in [6.07, 6.45) is 3.68. The van der Waals surface area contributed by atoms with Crippen LogP contribution in [0.5, 0.6) is 0 Å². The van der Waals surface area contributed by atoms with Gasteiger partial charge in [-0.05, 0) is 43.8 Å². The average molecular weight is 684 g/mol. The van der Waals surface area contributed by atoms with Crippen LogP contribution in [0.4, 0.5) is 0 Å². The summed E-state index contributed by atoms with van der Waals surface area (Å²) in [6, 6.07) is 6.92. The van der Waals surface area contributed by atoms with Gasteiger partial charge in [0.2, 0.25) is 11.8 Å². The summed E-state index contributed by atoms with van der Waals surface area (Å²) in [5.41, 5.74) is 0.779. The van der Waals surface area contributed by atoms with Crippen molar-refractivity contribution < 1.29 is 33.9 Å². The van der Waals surface area contributed by atoms with Crippen molar-refractivity contribution in [3.63, 3.8) is 0 Å². The first-order valence-corrected chi connectivity index (χ1v) is 17.5. The van der Waals surface area contributed by atoms with Gasteiger partial charge in [0.15, 0.2) is 11.6 Å². The number of carbonyl (C=O) groups is 6. The molecule has 0 aliphatic carbocycles. The second kappa shape index (κ2) is 18.5. The lowest BCUT2D eigenvalue weighted by atomic mass is 9.83. The van der Waals surface area contributed by atoms with Crippen LogP contribution in [0.25, 0.3) is 0 Å². The molecule has 0 saturated carbocycles. The van der Waals surface area contributed by atoms with Gasteiger partial charge in [-0.25, -0.2) is 4.98 Å². The Balaban J connectivity index is 1.67. The van der Waals surface area contributed by atoms with Crippen LogP contribution in [0, 0.1) is 17.8 Å². The zero-order valence-corrected chi connectivity index (χ0v) is 29.3. The summed E-state index contributed by atoms with van der Waals surface area (Å²) in [5, 5.41) is 18.7. The third-order valence-electron chi connectivity index (χ3n) is 8.97. The molecular weight excluding hydrogens is 634 g/mol. The van der Waals surface area contributed by atoms with E-state index < -0.39 is 42.3 Å². The highest BCUT2D eigenvalue weighted by Crippen LogP contribution is 2.25. The molecule has 1 saturated heterocycles. The predicted octanol–water partition coefficient (Wildman–Crippen LogP) is 3.04. The van der Waals surface area contributed by atoms with E-state index in [1.807, 2.05) is 40.8 Å². The molecule has 2 unspecified atom stereocenters. The Hall–Kier alpha value is -3.97. The SMILES string of the molecule is CCC(C)[C@H](CC(=O)C1CCCCN1C)C(=O)N[C@H](C(=O)Cc1nc(C(=O)N[C@@H](Cc2ccccc2)C(=O)NCC(=O)O)cs1)C(C)C. The molecule has 13 heteroatoms. The number of nitrogens with one attached hydrogen (secondary N) is 3. The number of rotatable bonds is 18. The molecule has 3 amide bonds.